The van der Waals surface area contributed by atoms with Gasteiger partial charge in [0.2, 0.25) is 0 Å². The van der Waals surface area contributed by atoms with Crippen molar-refractivity contribution in [2.45, 2.75) is 33.1 Å². The number of ether oxygens (including phenoxy) is 1. The number of hydrogen-bond donors (Lipinski definition) is 1. The number of nitrogens with two attached hydrogens (primary N) is 1. The summed E-state index contributed by atoms with van der Waals surface area (Å²) in [4.78, 5) is 9.09. The standard InChI is InChI=1S/C16H20BrN3O/c1-9-6-7-10(11(8-9)21-5)15-19-13(16(2,3)4)12(17)14(18)20-15/h6-8H,1-5H3,(H2,18,19,20). The zero-order chi connectivity index (χ0) is 15.8. The summed E-state index contributed by atoms with van der Waals surface area (Å²) in [7, 11) is 1.64. The Balaban J connectivity index is 2.68. The first kappa shape index (κ1) is 15.8. The molecule has 5 heteroatoms. The van der Waals surface area contributed by atoms with Gasteiger partial charge in [-0.2, -0.15) is 0 Å². The van der Waals surface area contributed by atoms with Gasteiger partial charge in [0, 0.05) is 5.41 Å². The number of benzene rings is 1. The van der Waals surface area contributed by atoms with Crippen LogP contribution in [0.5, 0.6) is 5.75 Å². The Bertz CT molecular complexity index is 678. The summed E-state index contributed by atoms with van der Waals surface area (Å²) in [5, 5.41) is 0. The fourth-order valence-electron chi connectivity index (χ4n) is 2.07. The average molecular weight is 350 g/mol. The van der Waals surface area contributed by atoms with Gasteiger partial charge >= 0.3 is 0 Å². The van der Waals surface area contributed by atoms with Crippen molar-refractivity contribution in [1.82, 2.24) is 9.97 Å². The molecule has 0 amide bonds. The van der Waals surface area contributed by atoms with Gasteiger partial charge in [0.05, 0.1) is 22.8 Å². The monoisotopic (exact) mass is 349 g/mol. The highest BCUT2D eigenvalue weighted by Gasteiger charge is 2.23. The van der Waals surface area contributed by atoms with Gasteiger partial charge in [-0.15, -0.1) is 0 Å². The van der Waals surface area contributed by atoms with Crippen molar-refractivity contribution < 1.29 is 4.74 Å². The molecule has 0 aliphatic heterocycles. The number of hydrogen-bond acceptors (Lipinski definition) is 4. The topological polar surface area (TPSA) is 61.0 Å². The van der Waals surface area contributed by atoms with Crippen LogP contribution >= 0.6 is 15.9 Å². The van der Waals surface area contributed by atoms with Crippen molar-refractivity contribution in [2.24, 2.45) is 0 Å². The number of methoxy groups -OCH3 is 1. The van der Waals surface area contributed by atoms with Crippen LogP contribution in [0.2, 0.25) is 0 Å². The summed E-state index contributed by atoms with van der Waals surface area (Å²) < 4.78 is 6.20. The third-order valence-electron chi connectivity index (χ3n) is 3.19. The van der Waals surface area contributed by atoms with Gasteiger partial charge in [-0.25, -0.2) is 9.97 Å². The summed E-state index contributed by atoms with van der Waals surface area (Å²) in [5.41, 5.74) is 8.75. The third kappa shape index (κ3) is 3.18. The number of nitrogen functional groups attached to an aromatic ring is 1. The molecule has 2 rings (SSSR count). The van der Waals surface area contributed by atoms with E-state index in [0.717, 1.165) is 27.0 Å². The maximum atomic E-state index is 6.04. The Morgan fingerprint density at radius 3 is 2.43 bits per heavy atom. The van der Waals surface area contributed by atoms with Gasteiger partial charge in [-0.05, 0) is 40.5 Å². The van der Waals surface area contributed by atoms with Crippen LogP contribution in [0.1, 0.15) is 32.0 Å². The summed E-state index contributed by atoms with van der Waals surface area (Å²) in [6, 6.07) is 5.94. The molecule has 0 aliphatic carbocycles. The number of anilines is 1. The number of rotatable bonds is 2. The van der Waals surface area contributed by atoms with E-state index in [1.807, 2.05) is 25.1 Å². The number of aryl methyl sites for hydroxylation is 1. The molecule has 0 saturated carbocycles. The maximum Gasteiger partial charge on any atom is 0.165 e. The Kier molecular flexibility index (Phi) is 4.23. The minimum atomic E-state index is -0.136. The quantitative estimate of drug-likeness (QED) is 0.886. The van der Waals surface area contributed by atoms with Crippen LogP contribution in [0.4, 0.5) is 5.82 Å². The third-order valence-corrected chi connectivity index (χ3v) is 3.97. The molecule has 2 N–H and O–H groups in total. The molecule has 1 aromatic heterocycles. The lowest BCUT2D eigenvalue weighted by Gasteiger charge is -2.21. The molecule has 0 aliphatic rings. The summed E-state index contributed by atoms with van der Waals surface area (Å²) in [5.74, 6) is 1.77. The zero-order valence-electron chi connectivity index (χ0n) is 13.0. The van der Waals surface area contributed by atoms with E-state index in [4.69, 9.17) is 15.5 Å². The van der Waals surface area contributed by atoms with E-state index in [1.54, 1.807) is 7.11 Å². The van der Waals surface area contributed by atoms with Crippen LogP contribution in [0.25, 0.3) is 11.4 Å². The van der Waals surface area contributed by atoms with Crippen molar-refractivity contribution in [3.05, 3.63) is 33.9 Å². The van der Waals surface area contributed by atoms with E-state index in [9.17, 15) is 0 Å². The van der Waals surface area contributed by atoms with Crippen LogP contribution in [-0.2, 0) is 5.41 Å². The minimum absolute atomic E-state index is 0.136. The molecule has 1 heterocycles. The number of nitrogens with zero attached hydrogens (tertiary/aromatic N) is 2. The molecular weight excluding hydrogens is 330 g/mol. The first-order chi connectivity index (χ1) is 9.74. The summed E-state index contributed by atoms with van der Waals surface area (Å²) >= 11 is 3.49. The fourth-order valence-corrected chi connectivity index (χ4v) is 2.84. The van der Waals surface area contributed by atoms with Crippen molar-refractivity contribution in [1.29, 1.82) is 0 Å². The highest BCUT2D eigenvalue weighted by molar-refractivity contribution is 9.10. The molecule has 0 fully saturated rings. The molecule has 0 bridgehead atoms. The second-order valence-electron chi connectivity index (χ2n) is 6.05. The Labute approximate surface area is 133 Å². The van der Waals surface area contributed by atoms with Crippen LogP contribution in [0.3, 0.4) is 0 Å². The molecule has 0 unspecified atom stereocenters. The van der Waals surface area contributed by atoms with Gasteiger partial charge in [0.15, 0.2) is 5.82 Å². The van der Waals surface area contributed by atoms with Crippen LogP contribution in [0, 0.1) is 6.92 Å². The smallest absolute Gasteiger partial charge is 0.165 e. The van der Waals surface area contributed by atoms with Gasteiger partial charge in [-0.3, -0.25) is 0 Å². The normalized spacial score (nSPS) is 11.5. The molecule has 112 valence electrons. The van der Waals surface area contributed by atoms with Crippen molar-refractivity contribution in [2.75, 3.05) is 12.8 Å². The van der Waals surface area contributed by atoms with Gasteiger partial charge < -0.3 is 10.5 Å². The van der Waals surface area contributed by atoms with E-state index in [1.165, 1.54) is 0 Å². The minimum Gasteiger partial charge on any atom is -0.496 e. The van der Waals surface area contributed by atoms with Gasteiger partial charge in [0.1, 0.15) is 11.6 Å². The Morgan fingerprint density at radius 1 is 1.19 bits per heavy atom. The second-order valence-corrected chi connectivity index (χ2v) is 6.84. The predicted molar refractivity (Wildman–Crippen MR) is 89.6 cm³/mol. The van der Waals surface area contributed by atoms with Gasteiger partial charge in [-0.1, -0.05) is 26.8 Å². The van der Waals surface area contributed by atoms with Crippen molar-refractivity contribution in [3.63, 3.8) is 0 Å². The van der Waals surface area contributed by atoms with Crippen LogP contribution in [-0.4, -0.2) is 17.1 Å². The van der Waals surface area contributed by atoms with E-state index >= 15 is 0 Å². The van der Waals surface area contributed by atoms with E-state index in [-0.39, 0.29) is 5.41 Å². The fraction of sp³-hybridized carbons (Fsp3) is 0.375. The summed E-state index contributed by atoms with van der Waals surface area (Å²) in [6.45, 7) is 8.30. The Hall–Kier alpha value is -1.62. The zero-order valence-corrected chi connectivity index (χ0v) is 14.6. The Morgan fingerprint density at radius 2 is 1.86 bits per heavy atom. The van der Waals surface area contributed by atoms with Crippen molar-refractivity contribution in [3.8, 4) is 17.1 Å². The molecular formula is C16H20BrN3O. The van der Waals surface area contributed by atoms with E-state index in [0.29, 0.717) is 11.6 Å². The molecule has 21 heavy (non-hydrogen) atoms. The lowest BCUT2D eigenvalue weighted by Crippen LogP contribution is -2.17. The van der Waals surface area contributed by atoms with Crippen LogP contribution in [0.15, 0.2) is 22.7 Å². The lowest BCUT2D eigenvalue weighted by molar-refractivity contribution is 0.415. The molecule has 1 aromatic carbocycles. The van der Waals surface area contributed by atoms with Crippen LogP contribution < -0.4 is 10.5 Å². The van der Waals surface area contributed by atoms with E-state index < -0.39 is 0 Å². The highest BCUT2D eigenvalue weighted by Crippen LogP contribution is 2.35. The molecule has 0 spiro atoms. The summed E-state index contributed by atoms with van der Waals surface area (Å²) in [6.07, 6.45) is 0. The SMILES string of the molecule is COc1cc(C)ccc1-c1nc(N)c(Br)c(C(C)(C)C)n1. The first-order valence-electron chi connectivity index (χ1n) is 6.72. The molecule has 2 aromatic rings. The lowest BCUT2D eigenvalue weighted by atomic mass is 9.91. The molecule has 0 atom stereocenters. The van der Waals surface area contributed by atoms with Gasteiger partial charge in [0.25, 0.3) is 0 Å². The first-order valence-corrected chi connectivity index (χ1v) is 7.52. The second kappa shape index (κ2) is 5.64. The highest BCUT2D eigenvalue weighted by atomic mass is 79.9. The van der Waals surface area contributed by atoms with Crippen molar-refractivity contribution >= 4 is 21.7 Å². The predicted octanol–water partition coefficient (Wildman–Crippen LogP) is 4.10. The number of aromatic nitrogens is 2. The average Bonchev–Trinajstić information content (AvgIpc) is 2.40. The molecule has 4 nitrogen and oxygen atoms in total. The van der Waals surface area contributed by atoms with E-state index in [2.05, 4.69) is 41.7 Å². The molecule has 0 saturated heterocycles. The maximum absolute atomic E-state index is 6.04. The molecule has 0 radical (unpaired) electrons. The number of halogens is 1. The largest absolute Gasteiger partial charge is 0.496 e.